The lowest BCUT2D eigenvalue weighted by Crippen LogP contribution is -2.68. The Morgan fingerprint density at radius 2 is 0.899 bits per heavy atom. The number of benzene rings is 4. The number of methoxy groups -OCH3 is 5. The van der Waals surface area contributed by atoms with Crippen LogP contribution in [0.5, 0.6) is 28.9 Å². The molecule has 10 fully saturated rings. The molecular weight excluding hydrogens is 1900 g/mol. The van der Waals surface area contributed by atoms with Gasteiger partial charge < -0.3 is 112 Å². The first-order valence-corrected chi connectivity index (χ1v) is 51.9. The molecule has 26 rings (SSSR count). The molecule has 8 N–H and O–H groups in total. The summed E-state index contributed by atoms with van der Waals surface area (Å²) in [4.78, 5) is 99.5. The Hall–Kier alpha value is -14.1. The van der Waals surface area contributed by atoms with Crippen LogP contribution in [0.15, 0.2) is 140 Å². The Labute approximate surface area is 858 Å². The number of ether oxygens (including phenoxy) is 7. The van der Waals surface area contributed by atoms with Crippen molar-refractivity contribution in [2.75, 3.05) is 121 Å². The fourth-order valence-electron chi connectivity index (χ4n) is 23.4. The van der Waals surface area contributed by atoms with Crippen molar-refractivity contribution in [1.29, 1.82) is 0 Å². The number of pyridine rings is 4. The number of nitrogens with zero attached hydrogens (tertiary/aromatic N) is 20. The molecule has 1 spiro atoms. The van der Waals surface area contributed by atoms with Gasteiger partial charge in [-0.15, -0.1) is 0 Å². The lowest BCUT2D eigenvalue weighted by molar-refractivity contribution is -0.0817. The van der Waals surface area contributed by atoms with Gasteiger partial charge in [0.25, 0.3) is 30.1 Å². The first-order chi connectivity index (χ1) is 72.1. The minimum absolute atomic E-state index is 0.0104. The Balaban J connectivity index is 0.000000109. The lowest BCUT2D eigenvalue weighted by atomic mass is 9.70. The number of fused-ring (bicyclic) bond motifs is 9. The van der Waals surface area contributed by atoms with E-state index in [-0.39, 0.29) is 76.9 Å². The van der Waals surface area contributed by atoms with Crippen molar-refractivity contribution in [3.63, 3.8) is 0 Å². The molecule has 10 aliphatic rings. The zero-order valence-electron chi connectivity index (χ0n) is 85.6. The number of imidazole rings is 4. The van der Waals surface area contributed by atoms with Crippen LogP contribution in [0.2, 0.25) is 0 Å². The van der Waals surface area contributed by atoms with Gasteiger partial charge in [-0.2, -0.15) is 4.98 Å². The van der Waals surface area contributed by atoms with Crippen LogP contribution >= 0.6 is 0 Å². The second kappa shape index (κ2) is 39.1. The van der Waals surface area contributed by atoms with Crippen LogP contribution in [-0.4, -0.2) is 271 Å². The van der Waals surface area contributed by atoms with E-state index in [0.29, 0.717) is 182 Å². The van der Waals surface area contributed by atoms with E-state index in [2.05, 4.69) is 86.1 Å². The zero-order chi connectivity index (χ0) is 103. The van der Waals surface area contributed by atoms with E-state index in [1.54, 1.807) is 63.7 Å². The summed E-state index contributed by atoms with van der Waals surface area (Å²) in [6, 6.07) is 38.0. The van der Waals surface area contributed by atoms with Crippen molar-refractivity contribution in [3.05, 3.63) is 162 Å². The number of nitrogens with two attached hydrogens (primary N) is 4. The molecular formula is C111H127F3N24O11. The van der Waals surface area contributed by atoms with E-state index in [9.17, 15) is 32.3 Å². The topological polar surface area (TPSA) is 392 Å². The molecule has 4 amide bonds. The van der Waals surface area contributed by atoms with Gasteiger partial charge in [0, 0.05) is 210 Å². The second-order valence-electron chi connectivity index (χ2n) is 43.2. The van der Waals surface area contributed by atoms with Crippen molar-refractivity contribution in [2.45, 2.75) is 147 Å². The number of hydrogen-bond acceptors (Lipinski definition) is 23. The van der Waals surface area contributed by atoms with Gasteiger partial charge in [-0.1, -0.05) is 6.92 Å². The van der Waals surface area contributed by atoms with Gasteiger partial charge in [-0.3, -0.25) is 19.2 Å². The van der Waals surface area contributed by atoms with Crippen molar-refractivity contribution in [3.8, 4) is 75.0 Å². The van der Waals surface area contributed by atoms with Gasteiger partial charge in [-0.25, -0.2) is 48.1 Å². The molecule has 0 unspecified atom stereocenters. The molecule has 0 radical (unpaired) electrons. The number of aromatic nitrogens is 16. The average molecular weight is 2030 g/mol. The minimum Gasteiger partial charge on any atom is -0.494 e. The van der Waals surface area contributed by atoms with E-state index >= 15 is 0 Å². The van der Waals surface area contributed by atoms with Crippen LogP contribution in [0.3, 0.4) is 0 Å². The zero-order valence-corrected chi connectivity index (χ0v) is 85.6. The molecule has 4 aliphatic carbocycles. The summed E-state index contributed by atoms with van der Waals surface area (Å²) in [6.07, 6.45) is 14.3. The highest BCUT2D eigenvalue weighted by atomic mass is 19.3. The van der Waals surface area contributed by atoms with Gasteiger partial charge in [0.15, 0.2) is 23.3 Å². The quantitative estimate of drug-likeness (QED) is 0.0436. The van der Waals surface area contributed by atoms with E-state index < -0.39 is 19.1 Å². The molecule has 6 saturated heterocycles. The summed E-state index contributed by atoms with van der Waals surface area (Å²) in [6.45, 7) is 12.3. The smallest absolute Gasteiger partial charge is 0.256 e. The predicted molar refractivity (Wildman–Crippen MR) is 561 cm³/mol. The third-order valence-electron chi connectivity index (χ3n) is 32.5. The summed E-state index contributed by atoms with van der Waals surface area (Å²) in [5.74, 6) is 7.16. The van der Waals surface area contributed by atoms with E-state index in [1.807, 2.05) is 113 Å². The third kappa shape index (κ3) is 18.4. The average Bonchev–Trinajstić information content (AvgIpc) is 1.70. The Morgan fingerprint density at radius 3 is 1.36 bits per heavy atom. The number of carbonyl (C=O) groups is 4. The first kappa shape index (κ1) is 98.3. The second-order valence-corrected chi connectivity index (χ2v) is 43.2. The number of carbonyl (C=O) groups excluding carboxylic acids is 4. The van der Waals surface area contributed by atoms with Gasteiger partial charge in [0.05, 0.1) is 113 Å². The van der Waals surface area contributed by atoms with Crippen molar-refractivity contribution in [2.24, 2.45) is 84.0 Å². The van der Waals surface area contributed by atoms with Crippen LogP contribution in [0, 0.1) is 39.9 Å². The molecule has 149 heavy (non-hydrogen) atoms. The number of likely N-dealkylation sites (tertiary alicyclic amines) is 4. The Bertz CT molecular complexity index is 7920. The molecule has 778 valence electrons. The normalized spacial score (nSPS) is 20.9. The molecule has 6 aliphatic heterocycles. The van der Waals surface area contributed by atoms with E-state index in [4.69, 9.17) is 76.0 Å². The SMILES string of the molecule is COc1cc(C(=O)N2CC3(CCOC[C@@H]3N)C2)cc2nc(-c3cc4cccnc4n3CC3CC3)n(C)c12.COc1cc(C(=O)N2C[C@@H](N)C[C@H](F)C2)cc2nc(-c3cc4cccnc4n3CC3(C)CC3)n(C)c12.COc1cc(C(=O)N2C[C@H]3COC[C@@]3(CN)C2)cc2nc(-c3cc4cccnc4n3CC3CC3)n(C)c12.COc1ccc2cc(-c3nc4cc(C(=O)N5CCC[C@@H](N)C5)cc(OC)c4n3CC(F)F)n(CC3CC3)c2n1. The maximum absolute atomic E-state index is 14.1. The van der Waals surface area contributed by atoms with Crippen LogP contribution in [-0.2, 0) is 63.3 Å². The van der Waals surface area contributed by atoms with Crippen LogP contribution < -0.4 is 46.6 Å². The fraction of sp³-hybridized carbons (Fsp3) is 0.459. The molecule has 18 heterocycles. The molecule has 4 aromatic carbocycles. The summed E-state index contributed by atoms with van der Waals surface area (Å²) in [7, 11) is 13.9. The minimum atomic E-state index is -2.62. The molecule has 4 saturated carbocycles. The highest BCUT2D eigenvalue weighted by molar-refractivity contribution is 6.05. The number of rotatable bonds is 24. The van der Waals surface area contributed by atoms with Crippen molar-refractivity contribution in [1.82, 2.24) is 96.0 Å². The summed E-state index contributed by atoms with van der Waals surface area (Å²) < 4.78 is 98.1. The fourth-order valence-corrected chi connectivity index (χ4v) is 23.4. The molecule has 0 bridgehead atoms. The third-order valence-corrected chi connectivity index (χ3v) is 32.5. The maximum atomic E-state index is 14.1. The largest absolute Gasteiger partial charge is 0.494 e. The summed E-state index contributed by atoms with van der Waals surface area (Å²) >= 11 is 0. The summed E-state index contributed by atoms with van der Waals surface area (Å²) in [5, 5.41) is 4.14. The van der Waals surface area contributed by atoms with Gasteiger partial charge in [0.2, 0.25) is 5.88 Å². The molecule has 38 heteroatoms. The number of alkyl halides is 3. The highest BCUT2D eigenvalue weighted by Gasteiger charge is 2.53. The monoisotopic (exact) mass is 2030 g/mol. The van der Waals surface area contributed by atoms with Crippen molar-refractivity contribution >= 4 is 112 Å². The van der Waals surface area contributed by atoms with E-state index in [0.717, 1.165) is 158 Å². The number of aryl methyl sites for hydroxylation is 3. The van der Waals surface area contributed by atoms with Gasteiger partial charge >= 0.3 is 0 Å². The highest BCUT2D eigenvalue weighted by Crippen LogP contribution is 2.51. The summed E-state index contributed by atoms with van der Waals surface area (Å²) in [5.41, 5.74) is 39.5. The predicted octanol–water partition coefficient (Wildman–Crippen LogP) is 14.5. The van der Waals surface area contributed by atoms with Crippen LogP contribution in [0.4, 0.5) is 13.2 Å². The lowest BCUT2D eigenvalue weighted by Gasteiger charge is -2.55. The number of piperidine rings is 2. The first-order valence-electron chi connectivity index (χ1n) is 51.9. The molecule has 16 aromatic rings. The number of hydrogen-bond donors (Lipinski definition) is 4. The molecule has 12 aromatic heterocycles. The van der Waals surface area contributed by atoms with E-state index in [1.165, 1.54) is 55.1 Å². The van der Waals surface area contributed by atoms with Gasteiger partial charge in [0.1, 0.15) is 73.8 Å². The van der Waals surface area contributed by atoms with Crippen LogP contribution in [0.1, 0.15) is 125 Å². The Morgan fingerprint density at radius 1 is 0.456 bits per heavy atom. The maximum Gasteiger partial charge on any atom is 0.256 e. The standard InChI is InChI=1S/C28H32F2N6O3.2C28H32N6O3.C27H31FN6O2/c1-38-22-12-18(28(37)34-9-3-4-19(31)14-34)10-20-25(22)36(15-23(29)30)27(32-20)21-11-17-7-8-24(39-2)33-26(17)35(21)13-16-5-6-16;1-32-24-20(31-26(32)21-11-18-4-3-8-30-25(18)34(21)13-17-5-6-17)10-19(12-22(24)36-2)27(35)33-15-28(16-33)7-9-37-14-23(28)29;1-32-24-21(31-26(32)22-9-18-4-3-7-30-25(18)34(22)11-17-5-6-17)8-19(10-23(24)36-2)27(35)33-12-20-13-37-16-28(20,14-29)15-33;1-27(6-7-27)15-34-21(10-16-5-4-8-30-24(16)34)25-31-20-9-17(11-22(36-3)23(20)32(25)2)26(35)33-13-18(28)12-19(29)14-33/h7-8,10-12,16,19,23H,3-6,9,13-15,31H2,1-2H3;3-4,8,10-12,17,23H,5-7,9,13-16,29H2,1-2H3;3-4,7-10,17,20H,5-6,11-16,29H2,1-2H3;4-5,8-11,18-19H,6-7,12-15,29H2,1-3H3/t19-;23-;20-,28+;18-,19-/m1000/s1. The Kier molecular flexibility index (Phi) is 25.8. The number of amides is 4. The molecule has 6 atom stereocenters. The van der Waals surface area contributed by atoms with Gasteiger partial charge in [-0.05, 0) is 215 Å². The van der Waals surface area contributed by atoms with Crippen molar-refractivity contribution < 1.29 is 65.5 Å². The van der Waals surface area contributed by atoms with Crippen LogP contribution in [0.25, 0.3) is 134 Å². The number of halogens is 3. The molecule has 35 nitrogen and oxygen atoms in total.